The van der Waals surface area contributed by atoms with Crippen molar-refractivity contribution in [1.82, 2.24) is 14.4 Å². The van der Waals surface area contributed by atoms with Gasteiger partial charge in [-0.1, -0.05) is 80.6 Å². The zero-order valence-corrected chi connectivity index (χ0v) is 20.4. The third-order valence-corrected chi connectivity index (χ3v) is 5.84. The molecule has 0 radical (unpaired) electrons. The highest BCUT2D eigenvalue weighted by Crippen LogP contribution is 2.27. The summed E-state index contributed by atoms with van der Waals surface area (Å²) < 4.78 is 2.02. The molecule has 34 heavy (non-hydrogen) atoms. The van der Waals surface area contributed by atoms with Crippen LogP contribution in [0.15, 0.2) is 91.6 Å². The van der Waals surface area contributed by atoms with Crippen LogP contribution in [0.5, 0.6) is 0 Å². The summed E-state index contributed by atoms with van der Waals surface area (Å²) in [6.45, 7) is 9.49. The number of benzene rings is 2. The molecule has 0 spiro atoms. The topological polar surface area (TPSA) is 45.6 Å². The Morgan fingerprint density at radius 2 is 1.50 bits per heavy atom. The Morgan fingerprint density at radius 1 is 0.912 bits per heavy atom. The average Bonchev–Trinajstić information content (AvgIpc) is 3.23. The zero-order valence-electron chi connectivity index (χ0n) is 20.4. The number of aromatic nitrogens is 1. The molecule has 3 aromatic rings. The fourth-order valence-electron chi connectivity index (χ4n) is 4.15. The first-order valence-electron chi connectivity index (χ1n) is 11.8. The smallest absolute Gasteiger partial charge is 0.242 e. The number of carbonyl (C=O) groups is 2. The van der Waals surface area contributed by atoms with Crippen LogP contribution >= 0.6 is 0 Å². The Bertz CT molecular complexity index is 1030. The standard InChI is InChI=1S/C29H35N3O2/c1-5-18-31(22-27(33)32(20-23(2)3)21-26-17-12-19-30(26)4)29(34)28(24-13-8-6-9-14-24)25-15-10-7-11-16-25/h5-17,19,23,28H,1,18,20-22H2,2-4H3. The highest BCUT2D eigenvalue weighted by molar-refractivity contribution is 5.91. The van der Waals surface area contributed by atoms with Crippen LogP contribution in [0, 0.1) is 5.92 Å². The summed E-state index contributed by atoms with van der Waals surface area (Å²) >= 11 is 0. The lowest BCUT2D eigenvalue weighted by molar-refractivity contribution is -0.141. The van der Waals surface area contributed by atoms with E-state index in [1.165, 1.54) is 0 Å². The van der Waals surface area contributed by atoms with Crippen LogP contribution < -0.4 is 0 Å². The number of hydrogen-bond acceptors (Lipinski definition) is 2. The molecule has 0 unspecified atom stereocenters. The SMILES string of the molecule is C=CCN(CC(=O)N(Cc1cccn1C)CC(C)C)C(=O)C(c1ccccc1)c1ccccc1. The van der Waals surface area contributed by atoms with E-state index in [0.717, 1.165) is 16.8 Å². The van der Waals surface area contributed by atoms with Crippen molar-refractivity contribution in [1.29, 1.82) is 0 Å². The van der Waals surface area contributed by atoms with Gasteiger partial charge in [0, 0.05) is 32.0 Å². The van der Waals surface area contributed by atoms with E-state index in [9.17, 15) is 9.59 Å². The minimum absolute atomic E-state index is 0.0121. The molecule has 0 aliphatic rings. The largest absolute Gasteiger partial charge is 0.353 e. The Morgan fingerprint density at radius 3 is 1.97 bits per heavy atom. The van der Waals surface area contributed by atoms with Gasteiger partial charge >= 0.3 is 0 Å². The first kappa shape index (κ1) is 25.0. The molecule has 0 bridgehead atoms. The number of hydrogen-bond donors (Lipinski definition) is 0. The molecule has 3 rings (SSSR count). The number of amides is 2. The van der Waals surface area contributed by atoms with E-state index >= 15 is 0 Å². The molecule has 1 heterocycles. The summed E-state index contributed by atoms with van der Waals surface area (Å²) in [6.07, 6.45) is 3.66. The van der Waals surface area contributed by atoms with Crippen molar-refractivity contribution in [2.45, 2.75) is 26.3 Å². The van der Waals surface area contributed by atoms with E-state index in [4.69, 9.17) is 0 Å². The van der Waals surface area contributed by atoms with Gasteiger partial charge in [0.15, 0.2) is 0 Å². The minimum atomic E-state index is -0.485. The average molecular weight is 458 g/mol. The molecular weight excluding hydrogens is 422 g/mol. The second-order valence-electron chi connectivity index (χ2n) is 9.04. The molecular formula is C29H35N3O2. The van der Waals surface area contributed by atoms with Crippen LogP contribution in [0.1, 0.15) is 36.6 Å². The van der Waals surface area contributed by atoms with Gasteiger partial charge < -0.3 is 14.4 Å². The second kappa shape index (κ2) is 12.0. The second-order valence-corrected chi connectivity index (χ2v) is 9.04. The Kier molecular flexibility index (Phi) is 8.86. The molecule has 0 saturated heterocycles. The van der Waals surface area contributed by atoms with Crippen LogP contribution in [0.2, 0.25) is 0 Å². The number of carbonyl (C=O) groups excluding carboxylic acids is 2. The van der Waals surface area contributed by atoms with E-state index in [1.54, 1.807) is 11.0 Å². The maximum atomic E-state index is 13.9. The number of rotatable bonds is 11. The highest BCUT2D eigenvalue weighted by Gasteiger charge is 2.29. The Hall–Kier alpha value is -3.60. The first-order chi connectivity index (χ1) is 16.4. The normalized spacial score (nSPS) is 11.0. The van der Waals surface area contributed by atoms with Gasteiger partial charge in [-0.2, -0.15) is 0 Å². The highest BCUT2D eigenvalue weighted by atomic mass is 16.2. The minimum Gasteiger partial charge on any atom is -0.353 e. The summed E-state index contributed by atoms with van der Waals surface area (Å²) in [5.41, 5.74) is 2.87. The maximum Gasteiger partial charge on any atom is 0.242 e. The molecule has 0 aliphatic heterocycles. The third kappa shape index (κ3) is 6.47. The van der Waals surface area contributed by atoms with E-state index in [0.29, 0.717) is 25.6 Å². The fourth-order valence-corrected chi connectivity index (χ4v) is 4.15. The van der Waals surface area contributed by atoms with Gasteiger partial charge in [-0.25, -0.2) is 0 Å². The van der Waals surface area contributed by atoms with Crippen LogP contribution in [0.3, 0.4) is 0 Å². The lowest BCUT2D eigenvalue weighted by Crippen LogP contribution is -2.45. The fraction of sp³-hybridized carbons (Fsp3) is 0.310. The van der Waals surface area contributed by atoms with Crippen LogP contribution in [-0.2, 0) is 23.2 Å². The molecule has 2 aromatic carbocycles. The molecule has 5 heteroatoms. The molecule has 0 aliphatic carbocycles. The number of nitrogens with zero attached hydrogens (tertiary/aromatic N) is 3. The predicted octanol–water partition coefficient (Wildman–Crippen LogP) is 4.86. The maximum absolute atomic E-state index is 13.9. The summed E-state index contributed by atoms with van der Waals surface area (Å²) in [5.74, 6) is -0.338. The summed E-state index contributed by atoms with van der Waals surface area (Å²) in [5, 5.41) is 0. The van der Waals surface area contributed by atoms with Crippen molar-refractivity contribution in [3.05, 3.63) is 108 Å². The Labute approximate surface area is 203 Å². The van der Waals surface area contributed by atoms with Crippen molar-refractivity contribution < 1.29 is 9.59 Å². The van der Waals surface area contributed by atoms with E-state index in [-0.39, 0.29) is 18.4 Å². The van der Waals surface area contributed by atoms with Crippen LogP contribution in [-0.4, -0.2) is 45.8 Å². The molecule has 1 aromatic heterocycles. The van der Waals surface area contributed by atoms with E-state index in [2.05, 4.69) is 20.4 Å². The van der Waals surface area contributed by atoms with Gasteiger partial charge in [-0.3, -0.25) is 9.59 Å². The molecule has 178 valence electrons. The first-order valence-corrected chi connectivity index (χ1v) is 11.8. The van der Waals surface area contributed by atoms with Crippen LogP contribution in [0.4, 0.5) is 0 Å². The third-order valence-electron chi connectivity index (χ3n) is 5.84. The Balaban J connectivity index is 1.87. The van der Waals surface area contributed by atoms with Gasteiger partial charge in [0.2, 0.25) is 11.8 Å². The van der Waals surface area contributed by atoms with Crippen molar-refractivity contribution in [2.75, 3.05) is 19.6 Å². The number of aryl methyl sites for hydroxylation is 1. The summed E-state index contributed by atoms with van der Waals surface area (Å²) in [7, 11) is 1.98. The van der Waals surface area contributed by atoms with Gasteiger partial charge in [0.25, 0.3) is 0 Å². The van der Waals surface area contributed by atoms with Crippen LogP contribution in [0.25, 0.3) is 0 Å². The summed E-state index contributed by atoms with van der Waals surface area (Å²) in [4.78, 5) is 30.9. The van der Waals surface area contributed by atoms with E-state index < -0.39 is 5.92 Å². The molecule has 0 fully saturated rings. The molecule has 0 atom stereocenters. The van der Waals surface area contributed by atoms with Crippen molar-refractivity contribution in [3.8, 4) is 0 Å². The molecule has 0 saturated carbocycles. The lowest BCUT2D eigenvalue weighted by atomic mass is 9.90. The van der Waals surface area contributed by atoms with Gasteiger partial charge in [-0.05, 0) is 29.2 Å². The molecule has 2 amide bonds. The molecule has 5 nitrogen and oxygen atoms in total. The monoisotopic (exact) mass is 457 g/mol. The quantitative estimate of drug-likeness (QED) is 0.386. The summed E-state index contributed by atoms with van der Waals surface area (Å²) in [6, 6.07) is 23.5. The van der Waals surface area contributed by atoms with E-state index in [1.807, 2.05) is 95.5 Å². The molecule has 0 N–H and O–H groups in total. The van der Waals surface area contributed by atoms with Gasteiger partial charge in [0.05, 0.1) is 12.5 Å². The van der Waals surface area contributed by atoms with Gasteiger partial charge in [0.1, 0.15) is 6.54 Å². The van der Waals surface area contributed by atoms with Crippen molar-refractivity contribution in [2.24, 2.45) is 13.0 Å². The predicted molar refractivity (Wildman–Crippen MR) is 137 cm³/mol. The zero-order chi connectivity index (χ0) is 24.5. The van der Waals surface area contributed by atoms with Gasteiger partial charge in [-0.15, -0.1) is 6.58 Å². The van der Waals surface area contributed by atoms with Crippen molar-refractivity contribution >= 4 is 11.8 Å². The van der Waals surface area contributed by atoms with Crippen molar-refractivity contribution in [3.63, 3.8) is 0 Å². The lowest BCUT2D eigenvalue weighted by Gasteiger charge is -2.30.